The lowest BCUT2D eigenvalue weighted by Crippen LogP contribution is -2.46. The topological polar surface area (TPSA) is 36.9 Å². The van der Waals surface area contributed by atoms with Gasteiger partial charge in [0.1, 0.15) is 11.9 Å². The second-order valence-corrected chi connectivity index (χ2v) is 10.4. The minimum Gasteiger partial charge on any atom is -0.497 e. The van der Waals surface area contributed by atoms with E-state index in [-0.39, 0.29) is 24.7 Å². The van der Waals surface area contributed by atoms with Gasteiger partial charge in [0.2, 0.25) is 0 Å². The van der Waals surface area contributed by atoms with Crippen molar-refractivity contribution in [2.24, 2.45) is 0 Å². The fourth-order valence-corrected chi connectivity index (χ4v) is 5.26. The van der Waals surface area contributed by atoms with Crippen LogP contribution in [0.2, 0.25) is 0 Å². The fraction of sp³-hybridized carbons (Fsp3) is 0.314. The molecule has 0 N–H and O–H groups in total. The van der Waals surface area contributed by atoms with Crippen molar-refractivity contribution in [3.63, 3.8) is 0 Å². The Bertz CT molecular complexity index is 1350. The molecule has 0 spiro atoms. The number of hydrogen-bond donors (Lipinski definition) is 0. The zero-order valence-corrected chi connectivity index (χ0v) is 23.3. The Morgan fingerprint density at radius 1 is 0.732 bits per heavy atom. The van der Waals surface area contributed by atoms with Gasteiger partial charge in [0, 0.05) is 18.4 Å². The van der Waals surface area contributed by atoms with E-state index < -0.39 is 18.1 Å². The zero-order chi connectivity index (χ0) is 28.5. The average Bonchev–Trinajstić information content (AvgIpc) is 3.01. The molecule has 4 aromatic rings. The van der Waals surface area contributed by atoms with E-state index in [2.05, 4.69) is 0 Å². The van der Waals surface area contributed by atoms with E-state index in [0.29, 0.717) is 31.6 Å². The summed E-state index contributed by atoms with van der Waals surface area (Å²) in [6, 6.07) is 33.8. The predicted octanol–water partition coefficient (Wildman–Crippen LogP) is 7.73. The first-order valence-corrected chi connectivity index (χ1v) is 14.0. The molecule has 5 rings (SSSR count). The molecule has 214 valence electrons. The van der Waals surface area contributed by atoms with Crippen LogP contribution in [-0.2, 0) is 39.8 Å². The van der Waals surface area contributed by atoms with Gasteiger partial charge in [-0.05, 0) is 40.8 Å². The summed E-state index contributed by atoms with van der Waals surface area (Å²) < 4.78 is 56.2. The van der Waals surface area contributed by atoms with Gasteiger partial charge in [0.25, 0.3) is 5.92 Å². The molecule has 0 amide bonds. The maximum Gasteiger partial charge on any atom is 0.299 e. The molecular formula is C35H36F2O4. The summed E-state index contributed by atoms with van der Waals surface area (Å²) in [6.07, 6.45) is -1.30. The van der Waals surface area contributed by atoms with E-state index in [4.69, 9.17) is 18.9 Å². The summed E-state index contributed by atoms with van der Waals surface area (Å²) in [6.45, 7) is 0.956. The Morgan fingerprint density at radius 3 is 2.05 bits per heavy atom. The minimum absolute atomic E-state index is 0.0199. The second-order valence-electron chi connectivity index (χ2n) is 10.4. The van der Waals surface area contributed by atoms with Crippen LogP contribution < -0.4 is 4.74 Å². The molecule has 0 saturated carbocycles. The number of ether oxygens (including phenoxy) is 4. The SMILES string of the molecule is COc1ccc(Cc2ccccc2C(F)(F)C2CC(OCc3ccccc3)CC(COCc3ccccc3)O2)cc1. The Kier molecular flexibility index (Phi) is 9.78. The molecule has 1 saturated heterocycles. The summed E-state index contributed by atoms with van der Waals surface area (Å²) in [5.74, 6) is -2.50. The summed E-state index contributed by atoms with van der Waals surface area (Å²) in [4.78, 5) is 0. The molecule has 1 aliphatic heterocycles. The molecule has 1 heterocycles. The van der Waals surface area contributed by atoms with Crippen molar-refractivity contribution >= 4 is 0 Å². The quantitative estimate of drug-likeness (QED) is 0.178. The van der Waals surface area contributed by atoms with Crippen LogP contribution in [-0.4, -0.2) is 32.0 Å². The van der Waals surface area contributed by atoms with Gasteiger partial charge in [-0.3, -0.25) is 0 Å². The van der Waals surface area contributed by atoms with Crippen molar-refractivity contribution in [1.82, 2.24) is 0 Å². The molecule has 0 aliphatic carbocycles. The van der Waals surface area contributed by atoms with Gasteiger partial charge in [-0.1, -0.05) is 97.1 Å². The van der Waals surface area contributed by atoms with Crippen LogP contribution in [0, 0.1) is 0 Å². The van der Waals surface area contributed by atoms with Gasteiger partial charge in [0.05, 0.1) is 39.1 Å². The van der Waals surface area contributed by atoms with Gasteiger partial charge in [-0.25, -0.2) is 0 Å². The van der Waals surface area contributed by atoms with Crippen molar-refractivity contribution in [2.75, 3.05) is 13.7 Å². The van der Waals surface area contributed by atoms with Crippen LogP contribution in [0.1, 0.15) is 40.7 Å². The second kappa shape index (κ2) is 13.9. The molecule has 4 nitrogen and oxygen atoms in total. The Morgan fingerprint density at radius 2 is 1.37 bits per heavy atom. The highest BCUT2D eigenvalue weighted by molar-refractivity contribution is 5.38. The Labute approximate surface area is 240 Å². The van der Waals surface area contributed by atoms with E-state index in [1.54, 1.807) is 25.3 Å². The smallest absolute Gasteiger partial charge is 0.299 e. The number of rotatable bonds is 12. The normalized spacial score (nSPS) is 19.1. The van der Waals surface area contributed by atoms with Crippen LogP contribution >= 0.6 is 0 Å². The monoisotopic (exact) mass is 558 g/mol. The summed E-state index contributed by atoms with van der Waals surface area (Å²) in [5.41, 5.74) is 3.50. The first-order valence-electron chi connectivity index (χ1n) is 14.0. The summed E-state index contributed by atoms with van der Waals surface area (Å²) in [7, 11) is 1.60. The highest BCUT2D eigenvalue weighted by Crippen LogP contribution is 2.42. The van der Waals surface area contributed by atoms with Crippen molar-refractivity contribution in [1.29, 1.82) is 0 Å². The maximum atomic E-state index is 16.4. The van der Waals surface area contributed by atoms with Crippen molar-refractivity contribution in [2.45, 2.75) is 56.7 Å². The number of hydrogen-bond acceptors (Lipinski definition) is 4. The van der Waals surface area contributed by atoms with E-state index in [1.165, 1.54) is 6.07 Å². The van der Waals surface area contributed by atoms with E-state index in [0.717, 1.165) is 22.4 Å². The van der Waals surface area contributed by atoms with E-state index >= 15 is 8.78 Å². The fourth-order valence-electron chi connectivity index (χ4n) is 5.26. The van der Waals surface area contributed by atoms with Gasteiger partial charge >= 0.3 is 0 Å². The van der Waals surface area contributed by atoms with Gasteiger partial charge < -0.3 is 18.9 Å². The predicted molar refractivity (Wildman–Crippen MR) is 155 cm³/mol. The maximum absolute atomic E-state index is 16.4. The highest BCUT2D eigenvalue weighted by atomic mass is 19.3. The Hall–Kier alpha value is -3.58. The molecule has 0 aromatic heterocycles. The van der Waals surface area contributed by atoms with E-state index in [9.17, 15) is 0 Å². The lowest BCUT2D eigenvalue weighted by Gasteiger charge is -2.39. The number of methoxy groups -OCH3 is 1. The van der Waals surface area contributed by atoms with Crippen molar-refractivity contribution < 1.29 is 27.7 Å². The van der Waals surface area contributed by atoms with Crippen LogP contribution in [0.4, 0.5) is 8.78 Å². The Balaban J connectivity index is 1.33. The molecule has 3 unspecified atom stereocenters. The highest BCUT2D eigenvalue weighted by Gasteiger charge is 2.48. The molecule has 6 heteroatoms. The third kappa shape index (κ3) is 7.79. The van der Waals surface area contributed by atoms with Gasteiger partial charge in [0.15, 0.2) is 0 Å². The van der Waals surface area contributed by atoms with Crippen molar-refractivity contribution in [3.05, 3.63) is 137 Å². The van der Waals surface area contributed by atoms with Crippen LogP contribution in [0.25, 0.3) is 0 Å². The largest absolute Gasteiger partial charge is 0.497 e. The molecule has 0 radical (unpaired) electrons. The molecule has 1 aliphatic rings. The molecule has 1 fully saturated rings. The third-order valence-electron chi connectivity index (χ3n) is 7.44. The van der Waals surface area contributed by atoms with Crippen LogP contribution in [0.15, 0.2) is 109 Å². The number of alkyl halides is 2. The first kappa shape index (κ1) is 28.9. The standard InChI is InChI=1S/C35H36F2O4/c1-38-30-18-16-26(17-19-30)20-29-14-8-9-15-33(29)35(36,37)34-22-31(40-24-28-12-6-3-7-13-28)21-32(41-34)25-39-23-27-10-4-2-5-11-27/h2-19,31-32,34H,20-25H2,1H3. The van der Waals surface area contributed by atoms with E-state index in [1.807, 2.05) is 84.9 Å². The summed E-state index contributed by atoms with van der Waals surface area (Å²) in [5, 5.41) is 0. The number of benzene rings is 4. The van der Waals surface area contributed by atoms with Gasteiger partial charge in [-0.2, -0.15) is 8.78 Å². The summed E-state index contributed by atoms with van der Waals surface area (Å²) >= 11 is 0. The molecule has 0 bridgehead atoms. The molecule has 3 atom stereocenters. The lowest BCUT2D eigenvalue weighted by atomic mass is 9.89. The van der Waals surface area contributed by atoms with Crippen molar-refractivity contribution in [3.8, 4) is 5.75 Å². The van der Waals surface area contributed by atoms with Crippen LogP contribution in [0.3, 0.4) is 0 Å². The lowest BCUT2D eigenvalue weighted by molar-refractivity contribution is -0.219. The molecular weight excluding hydrogens is 522 g/mol. The minimum atomic E-state index is -3.23. The van der Waals surface area contributed by atoms with Crippen LogP contribution in [0.5, 0.6) is 5.75 Å². The molecule has 4 aromatic carbocycles. The first-order chi connectivity index (χ1) is 20.0. The zero-order valence-electron chi connectivity index (χ0n) is 23.3. The van der Waals surface area contributed by atoms with Gasteiger partial charge in [-0.15, -0.1) is 0 Å². The average molecular weight is 559 g/mol. The molecule has 41 heavy (non-hydrogen) atoms. The number of halogens is 2. The third-order valence-corrected chi connectivity index (χ3v) is 7.44.